The fraction of sp³-hybridized carbons (Fsp3) is 0.286. The number of hydrogen-bond acceptors (Lipinski definition) is 2. The van der Waals surface area contributed by atoms with Gasteiger partial charge in [0.2, 0.25) is 0 Å². The fourth-order valence-electron chi connectivity index (χ4n) is 2.44. The van der Waals surface area contributed by atoms with Crippen molar-refractivity contribution in [1.29, 1.82) is 0 Å². The van der Waals surface area contributed by atoms with Crippen LogP contribution in [-0.4, -0.2) is 13.1 Å². The van der Waals surface area contributed by atoms with Crippen molar-refractivity contribution in [1.82, 2.24) is 5.32 Å². The summed E-state index contributed by atoms with van der Waals surface area (Å²) in [6.45, 7) is 3.89. The molecule has 0 saturated heterocycles. The van der Waals surface area contributed by atoms with Crippen LogP contribution in [0.2, 0.25) is 0 Å². The highest BCUT2D eigenvalue weighted by atomic mass is 19.1. The molecule has 0 radical (unpaired) electrons. The maximum Gasteiger partial charge on any atom is 0.141 e. The van der Waals surface area contributed by atoms with Gasteiger partial charge in [0.05, 0.1) is 6.26 Å². The molecule has 2 heterocycles. The molecule has 1 aliphatic heterocycles. The minimum atomic E-state index is -0.201. The maximum atomic E-state index is 13.6. The quantitative estimate of drug-likeness (QED) is 0.814. The topological polar surface area (TPSA) is 25.2 Å². The highest BCUT2D eigenvalue weighted by molar-refractivity contribution is 5.90. The van der Waals surface area contributed by atoms with Crippen molar-refractivity contribution < 1.29 is 8.81 Å². The number of furan rings is 1. The van der Waals surface area contributed by atoms with E-state index in [-0.39, 0.29) is 5.82 Å². The first kappa shape index (κ1) is 10.5. The Hall–Kier alpha value is -1.61. The van der Waals surface area contributed by atoms with Crippen molar-refractivity contribution in [3.05, 3.63) is 41.4 Å². The smallest absolute Gasteiger partial charge is 0.141 e. The van der Waals surface area contributed by atoms with Crippen molar-refractivity contribution in [2.75, 3.05) is 13.1 Å². The minimum absolute atomic E-state index is 0.201. The molecule has 3 heteroatoms. The molecular weight excluding hydrogens is 217 g/mol. The molecule has 0 unspecified atom stereocenters. The van der Waals surface area contributed by atoms with E-state index in [2.05, 4.69) is 12.2 Å². The van der Waals surface area contributed by atoms with Crippen LogP contribution in [0, 0.1) is 5.82 Å². The van der Waals surface area contributed by atoms with E-state index < -0.39 is 0 Å². The normalized spacial score (nSPS) is 16.8. The number of nitrogens with one attached hydrogen (secondary N) is 1. The molecule has 1 aliphatic rings. The Kier molecular flexibility index (Phi) is 2.48. The predicted octanol–water partition coefficient (Wildman–Crippen LogP) is 3.34. The average molecular weight is 231 g/mol. The van der Waals surface area contributed by atoms with E-state index in [1.807, 2.05) is 0 Å². The standard InChI is InChI=1S/C14H14FNO/c1-9-8-16-4-2-12(9)13-7-11(15)6-10-3-5-17-14(10)13/h3,5-7,16H,2,4,8H2,1H3. The lowest BCUT2D eigenvalue weighted by atomic mass is 9.94. The Morgan fingerprint density at radius 2 is 2.24 bits per heavy atom. The van der Waals surface area contributed by atoms with Crippen LogP contribution in [0.5, 0.6) is 0 Å². The van der Waals surface area contributed by atoms with Crippen molar-refractivity contribution in [2.24, 2.45) is 0 Å². The van der Waals surface area contributed by atoms with Crippen LogP contribution in [0.3, 0.4) is 0 Å². The Bertz CT molecular complexity index is 597. The van der Waals surface area contributed by atoms with Gasteiger partial charge in [-0.05, 0) is 43.7 Å². The molecule has 0 spiro atoms. The largest absolute Gasteiger partial charge is 0.464 e. The summed E-state index contributed by atoms with van der Waals surface area (Å²) < 4.78 is 19.1. The predicted molar refractivity (Wildman–Crippen MR) is 66.3 cm³/mol. The van der Waals surface area contributed by atoms with Gasteiger partial charge in [0.15, 0.2) is 0 Å². The third kappa shape index (κ3) is 1.76. The summed E-state index contributed by atoms with van der Waals surface area (Å²) in [7, 11) is 0. The lowest BCUT2D eigenvalue weighted by molar-refractivity contribution is 0.607. The lowest BCUT2D eigenvalue weighted by Gasteiger charge is -2.19. The van der Waals surface area contributed by atoms with Crippen LogP contribution < -0.4 is 5.32 Å². The molecule has 0 fully saturated rings. The molecule has 2 nitrogen and oxygen atoms in total. The first-order valence-electron chi connectivity index (χ1n) is 5.82. The second-order valence-electron chi connectivity index (χ2n) is 4.48. The zero-order valence-electron chi connectivity index (χ0n) is 9.72. The third-order valence-electron chi connectivity index (χ3n) is 3.30. The number of benzene rings is 1. The van der Waals surface area contributed by atoms with Crippen LogP contribution >= 0.6 is 0 Å². The summed E-state index contributed by atoms with van der Waals surface area (Å²) >= 11 is 0. The number of hydrogen-bond donors (Lipinski definition) is 1. The van der Waals surface area contributed by atoms with Gasteiger partial charge in [-0.1, -0.05) is 5.57 Å². The molecule has 1 N–H and O–H groups in total. The van der Waals surface area contributed by atoms with Gasteiger partial charge in [-0.15, -0.1) is 0 Å². The molecule has 88 valence electrons. The lowest BCUT2D eigenvalue weighted by Crippen LogP contribution is -2.23. The molecule has 0 aliphatic carbocycles. The molecule has 1 aromatic heterocycles. The number of fused-ring (bicyclic) bond motifs is 1. The van der Waals surface area contributed by atoms with Crippen LogP contribution in [0.1, 0.15) is 18.9 Å². The van der Waals surface area contributed by atoms with E-state index in [1.54, 1.807) is 18.4 Å². The van der Waals surface area contributed by atoms with Crippen molar-refractivity contribution >= 4 is 16.5 Å². The Balaban J connectivity index is 2.25. The summed E-state index contributed by atoms with van der Waals surface area (Å²) in [6, 6.07) is 4.90. The van der Waals surface area contributed by atoms with E-state index in [0.29, 0.717) is 0 Å². The molecular formula is C14H14FNO. The van der Waals surface area contributed by atoms with Gasteiger partial charge in [-0.25, -0.2) is 4.39 Å². The van der Waals surface area contributed by atoms with Gasteiger partial charge < -0.3 is 9.73 Å². The summed E-state index contributed by atoms with van der Waals surface area (Å²) in [5.41, 5.74) is 4.18. The van der Waals surface area contributed by atoms with E-state index in [4.69, 9.17) is 4.42 Å². The third-order valence-corrected chi connectivity index (χ3v) is 3.30. The Labute approximate surface area is 99.1 Å². The number of rotatable bonds is 1. The van der Waals surface area contributed by atoms with Gasteiger partial charge in [0.1, 0.15) is 11.4 Å². The first-order valence-corrected chi connectivity index (χ1v) is 5.82. The van der Waals surface area contributed by atoms with Gasteiger partial charge in [0.25, 0.3) is 0 Å². The molecule has 2 aromatic rings. The molecule has 17 heavy (non-hydrogen) atoms. The van der Waals surface area contributed by atoms with Crippen molar-refractivity contribution in [3.8, 4) is 0 Å². The SMILES string of the molecule is CC1=C(c2cc(F)cc3ccoc23)CCNC1. The van der Waals surface area contributed by atoms with E-state index >= 15 is 0 Å². The molecule has 0 saturated carbocycles. The van der Waals surface area contributed by atoms with Crippen LogP contribution in [0.15, 0.2) is 34.5 Å². The zero-order valence-corrected chi connectivity index (χ0v) is 9.72. The van der Waals surface area contributed by atoms with Gasteiger partial charge >= 0.3 is 0 Å². The van der Waals surface area contributed by atoms with E-state index in [9.17, 15) is 4.39 Å². The number of halogens is 1. The van der Waals surface area contributed by atoms with Crippen LogP contribution in [0.4, 0.5) is 4.39 Å². The fourth-order valence-corrected chi connectivity index (χ4v) is 2.44. The van der Waals surface area contributed by atoms with Gasteiger partial charge in [-0.2, -0.15) is 0 Å². The first-order chi connectivity index (χ1) is 8.25. The summed E-state index contributed by atoms with van der Waals surface area (Å²) in [5, 5.41) is 4.14. The highest BCUT2D eigenvalue weighted by Gasteiger charge is 2.16. The van der Waals surface area contributed by atoms with Crippen LogP contribution in [-0.2, 0) is 0 Å². The molecule has 3 rings (SSSR count). The average Bonchev–Trinajstić information content (AvgIpc) is 2.76. The zero-order chi connectivity index (χ0) is 11.8. The molecule has 1 aromatic carbocycles. The van der Waals surface area contributed by atoms with Crippen molar-refractivity contribution in [2.45, 2.75) is 13.3 Å². The Morgan fingerprint density at radius 1 is 1.35 bits per heavy atom. The minimum Gasteiger partial charge on any atom is -0.464 e. The monoisotopic (exact) mass is 231 g/mol. The molecule has 0 atom stereocenters. The summed E-state index contributed by atoms with van der Waals surface area (Å²) in [4.78, 5) is 0. The summed E-state index contributed by atoms with van der Waals surface area (Å²) in [5.74, 6) is -0.201. The summed E-state index contributed by atoms with van der Waals surface area (Å²) in [6.07, 6.45) is 2.54. The van der Waals surface area contributed by atoms with Crippen LogP contribution in [0.25, 0.3) is 16.5 Å². The van der Waals surface area contributed by atoms with Gasteiger partial charge in [0, 0.05) is 17.5 Å². The van der Waals surface area contributed by atoms with E-state index in [1.165, 1.54) is 17.2 Å². The second-order valence-corrected chi connectivity index (χ2v) is 4.48. The maximum absolute atomic E-state index is 13.6. The van der Waals surface area contributed by atoms with Crippen molar-refractivity contribution in [3.63, 3.8) is 0 Å². The van der Waals surface area contributed by atoms with Gasteiger partial charge in [-0.3, -0.25) is 0 Å². The molecule has 0 amide bonds. The molecule has 0 bridgehead atoms. The van der Waals surface area contributed by atoms with E-state index in [0.717, 1.165) is 36.0 Å². The highest BCUT2D eigenvalue weighted by Crippen LogP contribution is 2.32. The Morgan fingerprint density at radius 3 is 3.06 bits per heavy atom. The second kappa shape index (κ2) is 4.00.